The summed E-state index contributed by atoms with van der Waals surface area (Å²) in [5.74, 6) is -0.501. The van der Waals surface area contributed by atoms with Crippen molar-refractivity contribution in [3.8, 4) is 5.88 Å². The van der Waals surface area contributed by atoms with E-state index in [1.807, 2.05) is 13.0 Å². The van der Waals surface area contributed by atoms with E-state index < -0.39 is 11.8 Å². The molecule has 0 unspecified atom stereocenters. The van der Waals surface area contributed by atoms with Crippen LogP contribution in [0.1, 0.15) is 31.8 Å². The van der Waals surface area contributed by atoms with Gasteiger partial charge in [0.25, 0.3) is 11.8 Å². The molecule has 6 heteroatoms. The fourth-order valence-electron chi connectivity index (χ4n) is 2.33. The second kappa shape index (κ2) is 5.57. The summed E-state index contributed by atoms with van der Waals surface area (Å²) in [4.78, 5) is 33.9. The first-order valence-electron chi connectivity index (χ1n) is 6.72. The molecule has 0 atom stereocenters. The molecular weight excluding hydrogens is 284 g/mol. The summed E-state index contributed by atoms with van der Waals surface area (Å²) >= 11 is 0. The van der Waals surface area contributed by atoms with Gasteiger partial charge >= 0.3 is 0 Å². The van der Waals surface area contributed by atoms with E-state index in [-0.39, 0.29) is 6.61 Å². The predicted octanol–water partition coefficient (Wildman–Crippen LogP) is 2.13. The van der Waals surface area contributed by atoms with Crippen molar-refractivity contribution in [3.63, 3.8) is 0 Å². The zero-order valence-corrected chi connectivity index (χ0v) is 12.2. The second-order valence-electron chi connectivity index (χ2n) is 4.84. The molecule has 1 aromatic carbocycles. The van der Waals surface area contributed by atoms with E-state index in [1.54, 1.807) is 30.5 Å². The molecular formula is C16H14N2O4. The first kappa shape index (κ1) is 14.2. The zero-order valence-electron chi connectivity index (χ0n) is 12.2. The van der Waals surface area contributed by atoms with E-state index in [0.29, 0.717) is 22.6 Å². The number of hydroxylamine groups is 2. The van der Waals surface area contributed by atoms with Crippen LogP contribution < -0.4 is 4.74 Å². The number of imide groups is 1. The average molecular weight is 298 g/mol. The van der Waals surface area contributed by atoms with Gasteiger partial charge in [0.1, 0.15) is 6.61 Å². The minimum Gasteiger partial charge on any atom is -0.481 e. The van der Waals surface area contributed by atoms with E-state index >= 15 is 0 Å². The maximum atomic E-state index is 12.2. The highest BCUT2D eigenvalue weighted by atomic mass is 16.7. The third-order valence-electron chi connectivity index (χ3n) is 3.54. The molecule has 1 aliphatic heterocycles. The molecule has 112 valence electrons. The van der Waals surface area contributed by atoms with E-state index in [1.165, 1.54) is 7.11 Å². The Morgan fingerprint density at radius 1 is 1.09 bits per heavy atom. The molecule has 0 saturated heterocycles. The lowest BCUT2D eigenvalue weighted by Crippen LogP contribution is -2.30. The van der Waals surface area contributed by atoms with Gasteiger partial charge in [0.05, 0.1) is 18.2 Å². The van der Waals surface area contributed by atoms with Gasteiger partial charge in [0, 0.05) is 11.8 Å². The van der Waals surface area contributed by atoms with Crippen molar-refractivity contribution >= 4 is 11.8 Å². The standard InChI is InChI=1S/C16H14N2O4/c1-10-7-8-17-14(21-2)13(10)9-22-18-15(19)11-5-3-4-6-12(11)16(18)20/h3-8H,9H2,1-2H3. The number of carbonyl (C=O) groups is 2. The van der Waals surface area contributed by atoms with Crippen LogP contribution >= 0.6 is 0 Å². The summed E-state index contributed by atoms with van der Waals surface area (Å²) in [6, 6.07) is 8.44. The van der Waals surface area contributed by atoms with Crippen molar-refractivity contribution < 1.29 is 19.2 Å². The molecule has 0 spiro atoms. The Labute approximate surface area is 127 Å². The summed E-state index contributed by atoms with van der Waals surface area (Å²) < 4.78 is 5.18. The van der Waals surface area contributed by atoms with Gasteiger partial charge in [-0.15, -0.1) is 5.06 Å². The van der Waals surface area contributed by atoms with Crippen molar-refractivity contribution in [2.75, 3.05) is 7.11 Å². The Hall–Kier alpha value is -2.73. The van der Waals surface area contributed by atoms with Crippen LogP contribution in [0.25, 0.3) is 0 Å². The first-order chi connectivity index (χ1) is 10.6. The lowest BCUT2D eigenvalue weighted by Gasteiger charge is -2.15. The summed E-state index contributed by atoms with van der Waals surface area (Å²) in [5, 5.41) is 0.788. The fraction of sp³-hybridized carbons (Fsp3) is 0.188. The van der Waals surface area contributed by atoms with Gasteiger partial charge in [-0.25, -0.2) is 4.98 Å². The SMILES string of the molecule is COc1nccc(C)c1CON1C(=O)c2ccccc2C1=O. The average Bonchev–Trinajstić information content (AvgIpc) is 2.78. The van der Waals surface area contributed by atoms with Crippen molar-refractivity contribution in [1.82, 2.24) is 10.0 Å². The summed E-state index contributed by atoms with van der Waals surface area (Å²) in [6.07, 6.45) is 1.62. The number of nitrogens with zero attached hydrogens (tertiary/aromatic N) is 2. The molecule has 22 heavy (non-hydrogen) atoms. The largest absolute Gasteiger partial charge is 0.481 e. The highest BCUT2D eigenvalue weighted by Crippen LogP contribution is 2.25. The quantitative estimate of drug-likeness (QED) is 0.809. The number of ether oxygens (including phenoxy) is 1. The van der Waals surface area contributed by atoms with E-state index in [4.69, 9.17) is 9.57 Å². The smallest absolute Gasteiger partial charge is 0.285 e. The van der Waals surface area contributed by atoms with Crippen LogP contribution in [0.5, 0.6) is 5.88 Å². The number of pyridine rings is 1. The minimum atomic E-state index is -0.457. The number of amides is 2. The Morgan fingerprint density at radius 2 is 1.73 bits per heavy atom. The van der Waals surface area contributed by atoms with Crippen molar-refractivity contribution in [3.05, 3.63) is 58.8 Å². The van der Waals surface area contributed by atoms with Crippen LogP contribution in [-0.2, 0) is 11.4 Å². The van der Waals surface area contributed by atoms with Crippen LogP contribution in [0.3, 0.4) is 0 Å². The van der Waals surface area contributed by atoms with Gasteiger partial charge < -0.3 is 4.74 Å². The molecule has 0 fully saturated rings. The summed E-state index contributed by atoms with van der Waals surface area (Å²) in [7, 11) is 1.51. The van der Waals surface area contributed by atoms with Crippen molar-refractivity contribution in [2.45, 2.75) is 13.5 Å². The molecule has 2 heterocycles. The van der Waals surface area contributed by atoms with E-state index in [9.17, 15) is 9.59 Å². The molecule has 0 radical (unpaired) electrons. The Bertz CT molecular complexity index is 723. The topological polar surface area (TPSA) is 68.7 Å². The number of benzene rings is 1. The lowest BCUT2D eigenvalue weighted by atomic mass is 10.1. The Morgan fingerprint density at radius 3 is 2.32 bits per heavy atom. The molecule has 0 N–H and O–H groups in total. The number of methoxy groups -OCH3 is 1. The number of fused-ring (bicyclic) bond motifs is 1. The summed E-state index contributed by atoms with van der Waals surface area (Å²) in [6.45, 7) is 1.90. The Kier molecular flexibility index (Phi) is 3.60. The lowest BCUT2D eigenvalue weighted by molar-refractivity contribution is -0.101. The molecule has 2 amide bonds. The maximum absolute atomic E-state index is 12.2. The normalized spacial score (nSPS) is 13.5. The fourth-order valence-corrected chi connectivity index (χ4v) is 2.33. The highest BCUT2D eigenvalue weighted by molar-refractivity contribution is 6.20. The van der Waals surface area contributed by atoms with E-state index in [0.717, 1.165) is 10.6 Å². The van der Waals surface area contributed by atoms with Crippen molar-refractivity contribution in [1.29, 1.82) is 0 Å². The first-order valence-corrected chi connectivity index (χ1v) is 6.72. The van der Waals surface area contributed by atoms with Crippen LogP contribution in [-0.4, -0.2) is 29.0 Å². The van der Waals surface area contributed by atoms with Crippen LogP contribution in [0, 0.1) is 6.92 Å². The second-order valence-corrected chi connectivity index (χ2v) is 4.84. The molecule has 1 aromatic heterocycles. The third kappa shape index (κ3) is 2.23. The Balaban J connectivity index is 1.82. The van der Waals surface area contributed by atoms with Gasteiger partial charge in [-0.1, -0.05) is 12.1 Å². The molecule has 0 saturated carbocycles. The number of rotatable bonds is 4. The number of aryl methyl sites for hydroxylation is 1. The van der Waals surface area contributed by atoms with Gasteiger partial charge in [-0.3, -0.25) is 14.4 Å². The van der Waals surface area contributed by atoms with Crippen LogP contribution in [0.2, 0.25) is 0 Å². The number of aromatic nitrogens is 1. The summed E-state index contributed by atoms with van der Waals surface area (Å²) in [5.41, 5.74) is 2.30. The molecule has 6 nitrogen and oxygen atoms in total. The molecule has 0 bridgehead atoms. The highest BCUT2D eigenvalue weighted by Gasteiger charge is 2.36. The van der Waals surface area contributed by atoms with Gasteiger partial charge in [-0.05, 0) is 30.7 Å². The zero-order chi connectivity index (χ0) is 15.7. The monoisotopic (exact) mass is 298 g/mol. The number of hydrogen-bond acceptors (Lipinski definition) is 5. The molecule has 0 aliphatic carbocycles. The van der Waals surface area contributed by atoms with Crippen LogP contribution in [0.4, 0.5) is 0 Å². The predicted molar refractivity (Wildman–Crippen MR) is 77.3 cm³/mol. The van der Waals surface area contributed by atoms with Gasteiger partial charge in [0.15, 0.2) is 0 Å². The number of hydrogen-bond donors (Lipinski definition) is 0. The van der Waals surface area contributed by atoms with Gasteiger partial charge in [0.2, 0.25) is 5.88 Å². The van der Waals surface area contributed by atoms with E-state index in [2.05, 4.69) is 4.98 Å². The minimum absolute atomic E-state index is 0.0221. The molecule has 2 aromatic rings. The number of carbonyl (C=O) groups excluding carboxylic acids is 2. The van der Waals surface area contributed by atoms with Gasteiger partial charge in [-0.2, -0.15) is 0 Å². The molecule has 1 aliphatic rings. The van der Waals surface area contributed by atoms with Crippen LogP contribution in [0.15, 0.2) is 36.5 Å². The molecule has 3 rings (SSSR count). The third-order valence-corrected chi connectivity index (χ3v) is 3.54. The maximum Gasteiger partial charge on any atom is 0.285 e. The van der Waals surface area contributed by atoms with Crippen molar-refractivity contribution in [2.24, 2.45) is 0 Å².